The van der Waals surface area contributed by atoms with E-state index in [-0.39, 0.29) is 5.91 Å². The van der Waals surface area contributed by atoms with Gasteiger partial charge < -0.3 is 11.1 Å². The molecule has 0 spiro atoms. The number of benzene rings is 1. The van der Waals surface area contributed by atoms with Gasteiger partial charge in [0.2, 0.25) is 0 Å². The Bertz CT molecular complexity index is 363. The zero-order valence-electron chi connectivity index (χ0n) is 11.2. The molecule has 1 amide bonds. The first-order chi connectivity index (χ1) is 8.75. The molecule has 0 radical (unpaired) electrons. The summed E-state index contributed by atoms with van der Waals surface area (Å²) in [5.41, 5.74) is 6.86. The molecule has 0 atom stereocenters. The van der Waals surface area contributed by atoms with Crippen LogP contribution in [0.25, 0.3) is 0 Å². The van der Waals surface area contributed by atoms with Crippen LogP contribution in [0.5, 0.6) is 0 Å². The molecule has 0 saturated heterocycles. The quantitative estimate of drug-likeness (QED) is 0.547. The van der Waals surface area contributed by atoms with Crippen molar-refractivity contribution >= 4 is 11.6 Å². The summed E-state index contributed by atoms with van der Waals surface area (Å²) in [6, 6.07) is 7.17. The van der Waals surface area contributed by atoms with Crippen molar-refractivity contribution in [3.8, 4) is 0 Å². The molecule has 0 aliphatic rings. The van der Waals surface area contributed by atoms with Gasteiger partial charge in [-0.1, -0.05) is 51.2 Å². The fourth-order valence-corrected chi connectivity index (χ4v) is 1.91. The summed E-state index contributed by atoms with van der Waals surface area (Å²) in [5, 5.41) is 2.91. The molecular formula is C15H24N2O. The van der Waals surface area contributed by atoms with Gasteiger partial charge in [0.1, 0.15) is 0 Å². The van der Waals surface area contributed by atoms with Crippen LogP contribution in [-0.2, 0) is 0 Å². The highest BCUT2D eigenvalue weighted by molar-refractivity contribution is 5.98. The highest BCUT2D eigenvalue weighted by Crippen LogP contribution is 2.10. The summed E-state index contributed by atoms with van der Waals surface area (Å²) in [7, 11) is 0. The predicted octanol–water partition coefficient (Wildman–Crippen LogP) is 3.36. The number of nitrogens with one attached hydrogen (secondary N) is 1. The van der Waals surface area contributed by atoms with E-state index < -0.39 is 0 Å². The first-order valence-corrected chi connectivity index (χ1v) is 6.88. The number of carbonyl (C=O) groups excluding carboxylic acids is 1. The third kappa shape index (κ3) is 5.21. The number of carbonyl (C=O) groups is 1. The Kier molecular flexibility index (Phi) is 6.92. The normalized spacial score (nSPS) is 10.3. The van der Waals surface area contributed by atoms with Crippen LogP contribution in [0, 0.1) is 0 Å². The van der Waals surface area contributed by atoms with E-state index in [0.717, 1.165) is 13.0 Å². The Morgan fingerprint density at radius 1 is 1.11 bits per heavy atom. The molecular weight excluding hydrogens is 224 g/mol. The van der Waals surface area contributed by atoms with Gasteiger partial charge in [0.15, 0.2) is 0 Å². The average Bonchev–Trinajstić information content (AvgIpc) is 2.38. The highest BCUT2D eigenvalue weighted by Gasteiger charge is 2.07. The van der Waals surface area contributed by atoms with E-state index in [2.05, 4.69) is 12.2 Å². The number of para-hydroxylation sites is 1. The van der Waals surface area contributed by atoms with E-state index in [1.54, 1.807) is 12.1 Å². The van der Waals surface area contributed by atoms with Gasteiger partial charge in [0.25, 0.3) is 5.91 Å². The van der Waals surface area contributed by atoms with Crippen LogP contribution >= 0.6 is 0 Å². The SMILES string of the molecule is CCCCCCCCNC(=O)c1ccccc1N. The van der Waals surface area contributed by atoms with Crippen molar-refractivity contribution in [1.29, 1.82) is 0 Å². The maximum Gasteiger partial charge on any atom is 0.253 e. The van der Waals surface area contributed by atoms with Crippen molar-refractivity contribution in [3.63, 3.8) is 0 Å². The molecule has 0 saturated carbocycles. The maximum atomic E-state index is 11.8. The number of nitrogens with two attached hydrogens (primary N) is 1. The third-order valence-corrected chi connectivity index (χ3v) is 3.02. The van der Waals surface area contributed by atoms with Crippen LogP contribution in [-0.4, -0.2) is 12.5 Å². The molecule has 0 fully saturated rings. The van der Waals surface area contributed by atoms with Gasteiger partial charge in [-0.15, -0.1) is 0 Å². The number of anilines is 1. The number of unbranched alkanes of at least 4 members (excludes halogenated alkanes) is 5. The molecule has 0 heterocycles. The van der Waals surface area contributed by atoms with Gasteiger partial charge in [-0.05, 0) is 18.6 Å². The van der Waals surface area contributed by atoms with Gasteiger partial charge in [-0.25, -0.2) is 0 Å². The van der Waals surface area contributed by atoms with Gasteiger partial charge in [0, 0.05) is 12.2 Å². The molecule has 3 N–H and O–H groups in total. The Labute approximate surface area is 110 Å². The van der Waals surface area contributed by atoms with Gasteiger partial charge in [-0.3, -0.25) is 4.79 Å². The monoisotopic (exact) mass is 248 g/mol. The fraction of sp³-hybridized carbons (Fsp3) is 0.533. The van der Waals surface area contributed by atoms with Crippen LogP contribution in [0.4, 0.5) is 5.69 Å². The van der Waals surface area contributed by atoms with E-state index in [1.807, 2.05) is 12.1 Å². The number of amides is 1. The summed E-state index contributed by atoms with van der Waals surface area (Å²) in [6.07, 6.45) is 7.37. The van der Waals surface area contributed by atoms with Gasteiger partial charge >= 0.3 is 0 Å². The summed E-state index contributed by atoms with van der Waals surface area (Å²) in [5.74, 6) is -0.0679. The molecule has 100 valence electrons. The molecule has 0 bridgehead atoms. The zero-order chi connectivity index (χ0) is 13.2. The van der Waals surface area contributed by atoms with Crippen LogP contribution in [0.3, 0.4) is 0 Å². The molecule has 1 rings (SSSR count). The zero-order valence-corrected chi connectivity index (χ0v) is 11.2. The second-order valence-corrected chi connectivity index (χ2v) is 4.61. The van der Waals surface area contributed by atoms with E-state index in [4.69, 9.17) is 5.73 Å². The summed E-state index contributed by atoms with van der Waals surface area (Å²) in [4.78, 5) is 11.8. The average molecular weight is 248 g/mol. The summed E-state index contributed by atoms with van der Waals surface area (Å²) >= 11 is 0. The molecule has 3 nitrogen and oxygen atoms in total. The van der Waals surface area contributed by atoms with Crippen LogP contribution in [0.2, 0.25) is 0 Å². The Morgan fingerprint density at radius 2 is 1.78 bits per heavy atom. The molecule has 18 heavy (non-hydrogen) atoms. The van der Waals surface area contributed by atoms with E-state index in [0.29, 0.717) is 11.3 Å². The molecule has 1 aromatic carbocycles. The molecule has 0 aliphatic heterocycles. The topological polar surface area (TPSA) is 55.1 Å². The van der Waals surface area contributed by atoms with Crippen LogP contribution in [0.15, 0.2) is 24.3 Å². The third-order valence-electron chi connectivity index (χ3n) is 3.02. The van der Waals surface area contributed by atoms with Gasteiger partial charge in [0.05, 0.1) is 5.56 Å². The van der Waals surface area contributed by atoms with Gasteiger partial charge in [-0.2, -0.15) is 0 Å². The molecule has 0 unspecified atom stereocenters. The second-order valence-electron chi connectivity index (χ2n) is 4.61. The first kappa shape index (κ1) is 14.6. The van der Waals surface area contributed by atoms with Crippen molar-refractivity contribution in [2.24, 2.45) is 0 Å². The smallest absolute Gasteiger partial charge is 0.253 e. The Balaban J connectivity index is 2.16. The number of hydrogen-bond donors (Lipinski definition) is 2. The fourth-order valence-electron chi connectivity index (χ4n) is 1.91. The van der Waals surface area contributed by atoms with Crippen molar-refractivity contribution in [3.05, 3.63) is 29.8 Å². The highest BCUT2D eigenvalue weighted by atomic mass is 16.1. The van der Waals surface area contributed by atoms with E-state index >= 15 is 0 Å². The first-order valence-electron chi connectivity index (χ1n) is 6.88. The van der Waals surface area contributed by atoms with Crippen molar-refractivity contribution in [2.75, 3.05) is 12.3 Å². The summed E-state index contributed by atoms with van der Waals surface area (Å²) < 4.78 is 0. The number of hydrogen-bond acceptors (Lipinski definition) is 2. The number of rotatable bonds is 8. The van der Waals surface area contributed by atoms with Crippen LogP contribution in [0.1, 0.15) is 55.8 Å². The maximum absolute atomic E-state index is 11.8. The van der Waals surface area contributed by atoms with Crippen molar-refractivity contribution in [2.45, 2.75) is 45.4 Å². The lowest BCUT2D eigenvalue weighted by Gasteiger charge is -2.07. The lowest BCUT2D eigenvalue weighted by atomic mass is 10.1. The predicted molar refractivity (Wildman–Crippen MR) is 76.6 cm³/mol. The minimum absolute atomic E-state index is 0.0679. The Hall–Kier alpha value is -1.51. The second kappa shape index (κ2) is 8.56. The summed E-state index contributed by atoms with van der Waals surface area (Å²) in [6.45, 7) is 2.95. The van der Waals surface area contributed by atoms with Crippen molar-refractivity contribution < 1.29 is 4.79 Å². The minimum Gasteiger partial charge on any atom is -0.398 e. The standard InChI is InChI=1S/C15H24N2O/c1-2-3-4-5-6-9-12-17-15(18)13-10-7-8-11-14(13)16/h7-8,10-11H,2-6,9,12,16H2,1H3,(H,17,18). The minimum atomic E-state index is -0.0679. The van der Waals surface area contributed by atoms with E-state index in [9.17, 15) is 4.79 Å². The van der Waals surface area contributed by atoms with E-state index in [1.165, 1.54) is 32.1 Å². The van der Waals surface area contributed by atoms with Crippen molar-refractivity contribution in [1.82, 2.24) is 5.32 Å². The number of nitrogen functional groups attached to an aromatic ring is 1. The largest absolute Gasteiger partial charge is 0.398 e. The Morgan fingerprint density at radius 3 is 2.50 bits per heavy atom. The molecule has 0 aromatic heterocycles. The molecule has 3 heteroatoms. The molecule has 0 aliphatic carbocycles. The van der Waals surface area contributed by atoms with Crippen LogP contribution < -0.4 is 11.1 Å². The lowest BCUT2D eigenvalue weighted by Crippen LogP contribution is -2.25. The molecule has 1 aromatic rings. The lowest BCUT2D eigenvalue weighted by molar-refractivity contribution is 0.0954.